The number of rotatable bonds is 5. The molecule has 0 amide bonds. The van der Waals surface area contributed by atoms with Gasteiger partial charge in [0, 0.05) is 10.5 Å². The maximum atomic E-state index is 11.7. The van der Waals surface area contributed by atoms with E-state index in [1.807, 2.05) is 6.26 Å². The second kappa shape index (κ2) is 6.30. The molecule has 0 aliphatic carbocycles. The number of hydrogen-bond donors (Lipinski definition) is 0. The Labute approximate surface area is 104 Å². The zero-order valence-electron chi connectivity index (χ0n) is 9.98. The van der Waals surface area contributed by atoms with Crippen molar-refractivity contribution in [3.8, 4) is 5.75 Å². The van der Waals surface area contributed by atoms with E-state index in [9.17, 15) is 9.59 Å². The van der Waals surface area contributed by atoms with Gasteiger partial charge in [-0.2, -0.15) is 0 Å². The number of hydrogen-bond acceptors (Lipinski definition) is 5. The van der Waals surface area contributed by atoms with Crippen LogP contribution < -0.4 is 4.74 Å². The minimum absolute atomic E-state index is 0.252. The molecule has 0 saturated heterocycles. The quantitative estimate of drug-likeness (QED) is 0.349. The van der Waals surface area contributed by atoms with Gasteiger partial charge in [-0.3, -0.25) is 9.59 Å². The number of Topliss-reactive ketones (excluding diaryl/α,β-unsaturated/α-hetero) is 1. The Hall–Kier alpha value is -1.49. The highest BCUT2D eigenvalue weighted by Gasteiger charge is 2.14. The maximum Gasteiger partial charge on any atom is 0.313 e. The van der Waals surface area contributed by atoms with Gasteiger partial charge in [-0.25, -0.2) is 0 Å². The predicted molar refractivity (Wildman–Crippen MR) is 65.7 cm³/mol. The fourth-order valence-electron chi connectivity index (χ4n) is 1.31. The van der Waals surface area contributed by atoms with E-state index < -0.39 is 5.97 Å². The molecule has 4 nitrogen and oxygen atoms in total. The summed E-state index contributed by atoms with van der Waals surface area (Å²) in [5.74, 6) is -0.182. The number of thioether (sulfide) groups is 1. The molecule has 5 heteroatoms. The topological polar surface area (TPSA) is 52.6 Å². The van der Waals surface area contributed by atoms with Gasteiger partial charge in [0.05, 0.1) is 14.2 Å². The molecule has 1 rings (SSSR count). The molecule has 17 heavy (non-hydrogen) atoms. The Balaban J connectivity index is 2.92. The van der Waals surface area contributed by atoms with Gasteiger partial charge in [0.25, 0.3) is 0 Å². The lowest BCUT2D eigenvalue weighted by Gasteiger charge is -2.07. The first-order chi connectivity index (χ1) is 8.12. The first-order valence-corrected chi connectivity index (χ1v) is 6.17. The Kier molecular flexibility index (Phi) is 5.03. The van der Waals surface area contributed by atoms with Gasteiger partial charge in [-0.15, -0.1) is 11.8 Å². The Morgan fingerprint density at radius 3 is 2.53 bits per heavy atom. The lowest BCUT2D eigenvalue weighted by atomic mass is 10.1. The SMILES string of the molecule is COC(=O)CC(=O)c1ccc(SC)c(OC)c1. The molecule has 92 valence electrons. The second-order valence-corrected chi connectivity index (χ2v) is 4.09. The molecule has 0 saturated carbocycles. The molecule has 0 radical (unpaired) electrons. The smallest absolute Gasteiger partial charge is 0.313 e. The molecule has 0 N–H and O–H groups in total. The zero-order valence-corrected chi connectivity index (χ0v) is 10.8. The van der Waals surface area contributed by atoms with E-state index in [-0.39, 0.29) is 12.2 Å². The van der Waals surface area contributed by atoms with Crippen molar-refractivity contribution in [3.63, 3.8) is 0 Å². The molecule has 1 aromatic carbocycles. The van der Waals surface area contributed by atoms with Crippen molar-refractivity contribution in [1.29, 1.82) is 0 Å². The third kappa shape index (κ3) is 3.49. The van der Waals surface area contributed by atoms with Gasteiger partial charge in [0.15, 0.2) is 5.78 Å². The van der Waals surface area contributed by atoms with Crippen LogP contribution in [-0.4, -0.2) is 32.2 Å². The van der Waals surface area contributed by atoms with Crippen molar-refractivity contribution in [1.82, 2.24) is 0 Å². The van der Waals surface area contributed by atoms with Crippen LogP contribution in [0.15, 0.2) is 23.1 Å². The highest BCUT2D eigenvalue weighted by atomic mass is 32.2. The van der Waals surface area contributed by atoms with E-state index in [2.05, 4.69) is 4.74 Å². The Morgan fingerprint density at radius 1 is 1.29 bits per heavy atom. The van der Waals surface area contributed by atoms with Gasteiger partial charge in [0.2, 0.25) is 0 Å². The highest BCUT2D eigenvalue weighted by Crippen LogP contribution is 2.28. The molecule has 0 aliphatic heterocycles. The second-order valence-electron chi connectivity index (χ2n) is 3.25. The van der Waals surface area contributed by atoms with Crippen molar-refractivity contribution in [2.75, 3.05) is 20.5 Å². The van der Waals surface area contributed by atoms with E-state index in [1.165, 1.54) is 18.9 Å². The largest absolute Gasteiger partial charge is 0.496 e. The summed E-state index contributed by atoms with van der Waals surface area (Å²) in [6.45, 7) is 0. The van der Waals surface area contributed by atoms with Gasteiger partial charge in [-0.05, 0) is 18.4 Å². The van der Waals surface area contributed by atoms with E-state index >= 15 is 0 Å². The molecular formula is C12H14O4S. The van der Waals surface area contributed by atoms with E-state index in [0.717, 1.165) is 4.90 Å². The van der Waals surface area contributed by atoms with Crippen molar-refractivity contribution in [2.24, 2.45) is 0 Å². The Morgan fingerprint density at radius 2 is 2.00 bits per heavy atom. The fourth-order valence-corrected chi connectivity index (χ4v) is 1.86. The molecule has 0 atom stereocenters. The first-order valence-electron chi connectivity index (χ1n) is 4.94. The lowest BCUT2D eigenvalue weighted by Crippen LogP contribution is -2.09. The minimum atomic E-state index is -0.539. The number of carbonyl (C=O) groups excluding carboxylic acids is 2. The summed E-state index contributed by atoms with van der Waals surface area (Å²) in [4.78, 5) is 23.7. The van der Waals surface area contributed by atoms with Crippen LogP contribution in [0.2, 0.25) is 0 Å². The fraction of sp³-hybridized carbons (Fsp3) is 0.333. The molecule has 0 aromatic heterocycles. The third-order valence-corrected chi connectivity index (χ3v) is 3.02. The standard InChI is InChI=1S/C12H14O4S/c1-15-10-6-8(4-5-11(10)17-3)9(13)7-12(14)16-2/h4-6H,7H2,1-3H3. The summed E-state index contributed by atoms with van der Waals surface area (Å²) in [5.41, 5.74) is 0.449. The summed E-state index contributed by atoms with van der Waals surface area (Å²) in [6.07, 6.45) is 1.67. The summed E-state index contributed by atoms with van der Waals surface area (Å²) >= 11 is 1.53. The van der Waals surface area contributed by atoms with Crippen LogP contribution >= 0.6 is 11.8 Å². The van der Waals surface area contributed by atoms with Crippen molar-refractivity contribution >= 4 is 23.5 Å². The number of ketones is 1. The molecule has 0 heterocycles. The number of ether oxygens (including phenoxy) is 2. The summed E-state index contributed by atoms with van der Waals surface area (Å²) in [6, 6.07) is 5.12. The monoisotopic (exact) mass is 254 g/mol. The molecular weight excluding hydrogens is 240 g/mol. The van der Waals surface area contributed by atoms with Crippen LogP contribution in [0.5, 0.6) is 5.75 Å². The molecule has 1 aromatic rings. The van der Waals surface area contributed by atoms with Crippen LogP contribution in [0.1, 0.15) is 16.8 Å². The Bertz CT molecular complexity index is 429. The maximum absolute atomic E-state index is 11.7. The molecule has 0 unspecified atom stereocenters. The minimum Gasteiger partial charge on any atom is -0.496 e. The number of carbonyl (C=O) groups is 2. The van der Waals surface area contributed by atoms with Crippen LogP contribution in [0.25, 0.3) is 0 Å². The summed E-state index contributed by atoms with van der Waals surface area (Å²) < 4.78 is 9.62. The molecule has 0 aliphatic rings. The number of benzene rings is 1. The normalized spacial score (nSPS) is 9.82. The van der Waals surface area contributed by atoms with Crippen LogP contribution in [0.3, 0.4) is 0 Å². The van der Waals surface area contributed by atoms with Crippen LogP contribution in [0, 0.1) is 0 Å². The first kappa shape index (κ1) is 13.6. The third-order valence-electron chi connectivity index (χ3n) is 2.24. The average molecular weight is 254 g/mol. The van der Waals surface area contributed by atoms with E-state index in [1.54, 1.807) is 25.3 Å². The van der Waals surface area contributed by atoms with Crippen molar-refractivity contribution in [2.45, 2.75) is 11.3 Å². The molecule has 0 bridgehead atoms. The summed E-state index contributed by atoms with van der Waals surface area (Å²) in [5, 5.41) is 0. The van der Waals surface area contributed by atoms with E-state index in [4.69, 9.17) is 4.74 Å². The number of esters is 1. The molecule has 0 fully saturated rings. The average Bonchev–Trinajstić information content (AvgIpc) is 2.37. The van der Waals surface area contributed by atoms with Crippen LogP contribution in [0.4, 0.5) is 0 Å². The molecule has 0 spiro atoms. The van der Waals surface area contributed by atoms with Gasteiger partial charge in [0.1, 0.15) is 12.2 Å². The van der Waals surface area contributed by atoms with Crippen LogP contribution in [-0.2, 0) is 9.53 Å². The van der Waals surface area contributed by atoms with Gasteiger partial charge < -0.3 is 9.47 Å². The van der Waals surface area contributed by atoms with Crippen molar-refractivity contribution in [3.05, 3.63) is 23.8 Å². The lowest BCUT2D eigenvalue weighted by molar-refractivity contribution is -0.139. The van der Waals surface area contributed by atoms with Gasteiger partial charge in [-0.1, -0.05) is 6.07 Å². The predicted octanol–water partition coefficient (Wildman–Crippen LogP) is 2.16. The number of methoxy groups -OCH3 is 2. The van der Waals surface area contributed by atoms with Crippen molar-refractivity contribution < 1.29 is 19.1 Å². The van der Waals surface area contributed by atoms with Gasteiger partial charge >= 0.3 is 5.97 Å². The summed E-state index contributed by atoms with van der Waals surface area (Å²) in [7, 11) is 2.80. The zero-order chi connectivity index (χ0) is 12.8. The van der Waals surface area contributed by atoms with E-state index in [0.29, 0.717) is 11.3 Å². The highest BCUT2D eigenvalue weighted by molar-refractivity contribution is 7.98.